The first-order chi connectivity index (χ1) is 28.5. The molecule has 0 aliphatic rings. The number of aromatic nitrogens is 6. The number of methoxy groups -OCH3 is 2. The second-order valence-corrected chi connectivity index (χ2v) is 13.9. The molecule has 0 spiro atoms. The van der Waals surface area contributed by atoms with E-state index in [1.54, 1.807) is 22.2 Å². The van der Waals surface area contributed by atoms with Crippen LogP contribution in [0.4, 0.5) is 9.59 Å². The van der Waals surface area contributed by atoms with E-state index in [-0.39, 0.29) is 37.8 Å². The van der Waals surface area contributed by atoms with Crippen LogP contribution in [0.2, 0.25) is 0 Å². The van der Waals surface area contributed by atoms with Gasteiger partial charge in [0.1, 0.15) is 18.2 Å². The van der Waals surface area contributed by atoms with Crippen molar-refractivity contribution >= 4 is 34.8 Å². The molecule has 0 saturated carbocycles. The summed E-state index contributed by atoms with van der Waals surface area (Å²) in [5.74, 6) is 0.544. The van der Waals surface area contributed by atoms with Gasteiger partial charge in [0.05, 0.1) is 63.0 Å². The van der Waals surface area contributed by atoms with Gasteiger partial charge in [-0.1, -0.05) is 67.6 Å². The number of hydrogen-bond acceptors (Lipinski definition) is 10. The van der Waals surface area contributed by atoms with E-state index in [1.807, 2.05) is 32.0 Å². The summed E-state index contributed by atoms with van der Waals surface area (Å²) in [4.78, 5) is 77.4. The van der Waals surface area contributed by atoms with Crippen molar-refractivity contribution in [1.29, 1.82) is 0 Å². The first kappa shape index (κ1) is 41.3. The molecule has 3 aromatic heterocycles. The molecule has 1 atom stereocenters. The standard InChI is InChI=1S/C43H46N10O6/c1-6-17-52(39(54)23-48-42(56)58-4)25-37-47-22-35(50-37)33-14-13-31-18-30(11-12-32(31)19-33)28-7-9-29(10-8-28)34-21-46-38(49-34)26-53(24-27(2)3)41(55)40(51-43(57)59-5)36-20-44-15-16-45-36/h7-16,18-22,40H,2,6,17,23-26H2,1,3-5H3,(H,46,49)(H,47,50)(H,48,56)(H,51,57). The normalized spacial score (nSPS) is 11.4. The lowest BCUT2D eigenvalue weighted by molar-refractivity contribution is -0.134. The van der Waals surface area contributed by atoms with Gasteiger partial charge >= 0.3 is 12.2 Å². The van der Waals surface area contributed by atoms with Gasteiger partial charge in [0, 0.05) is 31.0 Å². The highest BCUT2D eigenvalue weighted by Crippen LogP contribution is 2.30. The fraction of sp³-hybridized carbons (Fsp3) is 0.256. The Kier molecular flexibility index (Phi) is 13.4. The monoisotopic (exact) mass is 798 g/mol. The van der Waals surface area contributed by atoms with Crippen molar-refractivity contribution < 1.29 is 28.7 Å². The third kappa shape index (κ3) is 10.5. The number of hydrogen-bond donors (Lipinski definition) is 4. The Morgan fingerprint density at radius 3 is 1.95 bits per heavy atom. The maximum absolute atomic E-state index is 13.8. The van der Waals surface area contributed by atoms with Crippen molar-refractivity contribution in [3.8, 4) is 33.6 Å². The van der Waals surface area contributed by atoms with Crippen LogP contribution >= 0.6 is 0 Å². The highest BCUT2D eigenvalue weighted by molar-refractivity contribution is 5.91. The molecule has 0 aliphatic carbocycles. The van der Waals surface area contributed by atoms with E-state index in [1.165, 1.54) is 32.8 Å². The summed E-state index contributed by atoms with van der Waals surface area (Å²) in [6, 6.07) is 19.5. The lowest BCUT2D eigenvalue weighted by Crippen LogP contribution is -2.43. The van der Waals surface area contributed by atoms with Crippen LogP contribution in [0.1, 0.15) is 43.7 Å². The van der Waals surface area contributed by atoms with Crippen LogP contribution in [0.25, 0.3) is 44.4 Å². The van der Waals surface area contributed by atoms with Gasteiger partial charge in [0.25, 0.3) is 5.91 Å². The summed E-state index contributed by atoms with van der Waals surface area (Å²) in [5.41, 5.74) is 6.59. The number of amides is 4. The van der Waals surface area contributed by atoms with E-state index < -0.39 is 24.1 Å². The van der Waals surface area contributed by atoms with Crippen LogP contribution in [-0.4, -0.2) is 97.6 Å². The number of carbonyl (C=O) groups is 4. The van der Waals surface area contributed by atoms with Crippen LogP contribution in [0.5, 0.6) is 0 Å². The maximum atomic E-state index is 13.8. The molecule has 3 aromatic carbocycles. The van der Waals surface area contributed by atoms with Crippen molar-refractivity contribution in [2.45, 2.75) is 39.4 Å². The number of carbonyl (C=O) groups excluding carboxylic acids is 4. The molecule has 6 aromatic rings. The van der Waals surface area contributed by atoms with Crippen LogP contribution < -0.4 is 10.6 Å². The molecule has 3 heterocycles. The Labute approximate surface area is 341 Å². The Morgan fingerprint density at radius 1 is 0.746 bits per heavy atom. The van der Waals surface area contributed by atoms with E-state index >= 15 is 0 Å². The van der Waals surface area contributed by atoms with E-state index in [4.69, 9.17) is 4.74 Å². The Balaban J connectivity index is 1.12. The number of imidazole rings is 2. The number of nitrogens with zero attached hydrogens (tertiary/aromatic N) is 6. The van der Waals surface area contributed by atoms with Crippen LogP contribution in [0.3, 0.4) is 0 Å². The fourth-order valence-corrected chi connectivity index (χ4v) is 6.49. The highest BCUT2D eigenvalue weighted by atomic mass is 16.5. The molecular weight excluding hydrogens is 753 g/mol. The van der Waals surface area contributed by atoms with Crippen molar-refractivity contribution in [2.24, 2.45) is 0 Å². The minimum absolute atomic E-state index is 0.125. The van der Waals surface area contributed by atoms with Crippen molar-refractivity contribution in [1.82, 2.24) is 50.3 Å². The van der Waals surface area contributed by atoms with Crippen molar-refractivity contribution in [3.63, 3.8) is 0 Å². The zero-order valence-corrected chi connectivity index (χ0v) is 33.3. The summed E-state index contributed by atoms with van der Waals surface area (Å²) in [7, 11) is 2.48. The summed E-state index contributed by atoms with van der Waals surface area (Å²) < 4.78 is 9.33. The molecule has 304 valence electrons. The summed E-state index contributed by atoms with van der Waals surface area (Å²) in [6.07, 6.45) is 7.16. The predicted octanol–water partition coefficient (Wildman–Crippen LogP) is 6.17. The molecule has 6 rings (SSSR count). The van der Waals surface area contributed by atoms with Gasteiger partial charge in [-0.2, -0.15) is 0 Å². The van der Waals surface area contributed by atoms with Gasteiger partial charge in [-0.15, -0.1) is 0 Å². The van der Waals surface area contributed by atoms with E-state index in [2.05, 4.69) is 94.3 Å². The van der Waals surface area contributed by atoms with Gasteiger partial charge in [-0.25, -0.2) is 19.6 Å². The molecule has 0 radical (unpaired) electrons. The summed E-state index contributed by atoms with van der Waals surface area (Å²) >= 11 is 0. The van der Waals surface area contributed by atoms with Crippen molar-refractivity contribution in [3.05, 3.63) is 121 Å². The zero-order chi connectivity index (χ0) is 41.9. The first-order valence-electron chi connectivity index (χ1n) is 18.9. The van der Waals surface area contributed by atoms with Gasteiger partial charge < -0.3 is 39.9 Å². The van der Waals surface area contributed by atoms with E-state index in [9.17, 15) is 19.2 Å². The van der Waals surface area contributed by atoms with Gasteiger partial charge in [0.15, 0.2) is 6.04 Å². The molecule has 59 heavy (non-hydrogen) atoms. The lowest BCUT2D eigenvalue weighted by atomic mass is 9.98. The first-order valence-corrected chi connectivity index (χ1v) is 18.9. The second-order valence-electron chi connectivity index (χ2n) is 13.9. The smallest absolute Gasteiger partial charge is 0.407 e. The van der Waals surface area contributed by atoms with E-state index in [0.717, 1.165) is 56.4 Å². The zero-order valence-electron chi connectivity index (χ0n) is 33.3. The summed E-state index contributed by atoms with van der Waals surface area (Å²) in [5, 5.41) is 7.14. The number of fused-ring (bicyclic) bond motifs is 1. The Morgan fingerprint density at radius 2 is 1.34 bits per heavy atom. The third-order valence-corrected chi connectivity index (χ3v) is 9.38. The Hall–Kier alpha value is -7.36. The van der Waals surface area contributed by atoms with Crippen LogP contribution in [0.15, 0.2) is 104 Å². The number of nitrogens with one attached hydrogen (secondary N) is 4. The molecule has 4 N–H and O–H groups in total. The lowest BCUT2D eigenvalue weighted by Gasteiger charge is -2.26. The minimum Gasteiger partial charge on any atom is -0.453 e. The topological polar surface area (TPSA) is 200 Å². The quantitative estimate of drug-likeness (QED) is 0.0821. The molecule has 0 saturated heterocycles. The average Bonchev–Trinajstić information content (AvgIpc) is 3.94. The highest BCUT2D eigenvalue weighted by Gasteiger charge is 2.30. The minimum atomic E-state index is -1.13. The summed E-state index contributed by atoms with van der Waals surface area (Å²) in [6.45, 7) is 8.78. The van der Waals surface area contributed by atoms with E-state index in [0.29, 0.717) is 18.2 Å². The predicted molar refractivity (Wildman–Crippen MR) is 221 cm³/mol. The number of alkyl carbamates (subject to hydrolysis) is 2. The van der Waals surface area contributed by atoms with Gasteiger partial charge in [-0.3, -0.25) is 19.6 Å². The maximum Gasteiger partial charge on any atom is 0.407 e. The molecule has 4 amide bonds. The third-order valence-electron chi connectivity index (χ3n) is 9.38. The number of aromatic amines is 2. The number of rotatable bonds is 16. The fourth-order valence-electron chi connectivity index (χ4n) is 6.49. The number of benzene rings is 3. The molecule has 0 fully saturated rings. The molecule has 1 unspecified atom stereocenters. The van der Waals surface area contributed by atoms with Crippen LogP contribution in [-0.2, 0) is 32.2 Å². The van der Waals surface area contributed by atoms with Gasteiger partial charge in [-0.05, 0) is 52.9 Å². The molecule has 0 bridgehead atoms. The number of H-pyrrole nitrogens is 2. The second kappa shape index (κ2) is 19.2. The largest absolute Gasteiger partial charge is 0.453 e. The average molecular weight is 799 g/mol. The SMILES string of the molecule is C=C(C)CN(Cc1ncc(-c2ccc(-c3ccc4cc(-c5cnc(CN(CCC)C(=O)CNC(=O)OC)[nH]5)ccc4c3)cc2)[nH]1)C(=O)C(NC(=O)OC)c1cnccn1. The Bertz CT molecular complexity index is 2430. The molecule has 0 aliphatic heterocycles. The molecule has 16 nitrogen and oxygen atoms in total. The van der Waals surface area contributed by atoms with Crippen molar-refractivity contribution in [2.75, 3.05) is 33.9 Å². The number of ether oxygens (including phenoxy) is 2. The van der Waals surface area contributed by atoms with Crippen LogP contribution in [0, 0.1) is 0 Å². The molecule has 16 heteroatoms. The molecular formula is C43H46N10O6. The van der Waals surface area contributed by atoms with Gasteiger partial charge in [0.2, 0.25) is 5.91 Å².